The van der Waals surface area contributed by atoms with Crippen molar-refractivity contribution >= 4 is 0 Å². The molecule has 0 bridgehead atoms. The fourth-order valence-corrected chi connectivity index (χ4v) is 1.48. The third-order valence-electron chi connectivity index (χ3n) is 2.53. The molecule has 0 radical (unpaired) electrons. The average molecular weight is 247 g/mol. The summed E-state index contributed by atoms with van der Waals surface area (Å²) in [6.07, 6.45) is -6.73. The van der Waals surface area contributed by atoms with Crippen LogP contribution in [-0.4, -0.2) is 63.3 Å². The van der Waals surface area contributed by atoms with Crippen LogP contribution < -0.4 is 0 Å². The van der Waals surface area contributed by atoms with E-state index in [4.69, 9.17) is 19.8 Å². The minimum atomic E-state index is -1.50. The minimum absolute atomic E-state index is 0.530. The topological polar surface area (TPSA) is 123 Å². The quantitative estimate of drug-likeness (QED) is 0.459. The first kappa shape index (κ1) is 14.3. The molecule has 1 heterocycles. The number of aliphatic hydroxyl groups excluding tert-OH is 4. The zero-order chi connectivity index (χ0) is 13.2. The van der Waals surface area contributed by atoms with Crippen LogP contribution in [0.4, 0.5) is 0 Å². The average Bonchev–Trinajstić information content (AvgIpc) is 2.30. The molecule has 0 amide bonds. The summed E-state index contributed by atoms with van der Waals surface area (Å²) in [5, 5.41) is 46.3. The fraction of sp³-hybridized carbons (Fsp3) is 0.900. The molecule has 1 aliphatic rings. The molecule has 5 atom stereocenters. The van der Waals surface area contributed by atoms with Gasteiger partial charge >= 0.3 is 0 Å². The van der Waals surface area contributed by atoms with Crippen molar-refractivity contribution in [2.45, 2.75) is 50.2 Å². The Bertz CT molecular complexity index is 300. The highest BCUT2D eigenvalue weighted by atomic mass is 16.7. The predicted molar refractivity (Wildman–Crippen MR) is 54.5 cm³/mol. The van der Waals surface area contributed by atoms with Gasteiger partial charge in [0, 0.05) is 0 Å². The van der Waals surface area contributed by atoms with Gasteiger partial charge in [-0.2, -0.15) is 5.26 Å². The Morgan fingerprint density at radius 1 is 1.24 bits per heavy atom. The lowest BCUT2D eigenvalue weighted by atomic mass is 9.99. The molecule has 4 N–H and O–H groups in total. The molecular weight excluding hydrogens is 230 g/mol. The van der Waals surface area contributed by atoms with Gasteiger partial charge in [0.05, 0.1) is 12.7 Å². The van der Waals surface area contributed by atoms with Gasteiger partial charge in [0.25, 0.3) is 0 Å². The van der Waals surface area contributed by atoms with Gasteiger partial charge < -0.3 is 29.9 Å². The van der Waals surface area contributed by atoms with Gasteiger partial charge in [-0.15, -0.1) is 0 Å². The van der Waals surface area contributed by atoms with Crippen LogP contribution in [0.25, 0.3) is 0 Å². The third kappa shape index (κ3) is 3.13. The Labute approximate surface area is 98.8 Å². The molecule has 0 aromatic carbocycles. The van der Waals surface area contributed by atoms with Crippen LogP contribution >= 0.6 is 0 Å². The van der Waals surface area contributed by atoms with Gasteiger partial charge in [-0.25, -0.2) is 0 Å². The van der Waals surface area contributed by atoms with E-state index >= 15 is 0 Å². The maximum absolute atomic E-state index is 9.63. The summed E-state index contributed by atoms with van der Waals surface area (Å²) in [4.78, 5) is 0. The molecule has 1 saturated heterocycles. The van der Waals surface area contributed by atoms with E-state index in [9.17, 15) is 15.3 Å². The van der Waals surface area contributed by atoms with E-state index in [0.29, 0.717) is 0 Å². The number of rotatable bonds is 3. The molecule has 7 heteroatoms. The minimum Gasteiger partial charge on any atom is -0.394 e. The normalized spacial score (nSPS) is 38.8. The first-order valence-electron chi connectivity index (χ1n) is 5.22. The summed E-state index contributed by atoms with van der Waals surface area (Å²) < 4.78 is 10.3. The highest BCUT2D eigenvalue weighted by Gasteiger charge is 2.45. The first-order valence-corrected chi connectivity index (χ1v) is 5.22. The van der Waals surface area contributed by atoms with Crippen molar-refractivity contribution in [1.29, 1.82) is 5.26 Å². The van der Waals surface area contributed by atoms with Crippen molar-refractivity contribution in [2.75, 3.05) is 6.61 Å². The van der Waals surface area contributed by atoms with Gasteiger partial charge in [0.15, 0.2) is 11.9 Å². The van der Waals surface area contributed by atoms with Crippen molar-refractivity contribution in [3.05, 3.63) is 0 Å². The van der Waals surface area contributed by atoms with E-state index in [1.807, 2.05) is 6.07 Å². The number of aliphatic hydroxyl groups is 4. The van der Waals surface area contributed by atoms with Crippen molar-refractivity contribution in [1.82, 2.24) is 0 Å². The van der Waals surface area contributed by atoms with Gasteiger partial charge in [-0.1, -0.05) is 0 Å². The van der Waals surface area contributed by atoms with E-state index in [-0.39, 0.29) is 0 Å². The lowest BCUT2D eigenvalue weighted by Gasteiger charge is -2.41. The van der Waals surface area contributed by atoms with E-state index < -0.39 is 42.9 Å². The van der Waals surface area contributed by atoms with Crippen LogP contribution in [0.5, 0.6) is 0 Å². The van der Waals surface area contributed by atoms with Crippen LogP contribution in [0.15, 0.2) is 0 Å². The van der Waals surface area contributed by atoms with Crippen LogP contribution in [0.2, 0.25) is 0 Å². The van der Waals surface area contributed by atoms with Crippen LogP contribution in [-0.2, 0) is 9.47 Å². The van der Waals surface area contributed by atoms with Crippen LogP contribution in [0.1, 0.15) is 13.8 Å². The number of nitriles is 1. The molecule has 1 fully saturated rings. The standard InChI is InChI=1S/C10H17NO6/c1-10(2,4-11)17-9-8(15)7(14)6(13)5(3-12)16-9/h5-9,12-15H,3H2,1-2H3/t5-,6-,7+,8-,9+/m1/s1. The van der Waals surface area contributed by atoms with Gasteiger partial charge in [0.1, 0.15) is 24.4 Å². The third-order valence-corrected chi connectivity index (χ3v) is 2.53. The van der Waals surface area contributed by atoms with Gasteiger partial charge in [0.2, 0.25) is 0 Å². The van der Waals surface area contributed by atoms with E-state index in [1.165, 1.54) is 13.8 Å². The molecule has 0 aliphatic carbocycles. The smallest absolute Gasteiger partial charge is 0.188 e. The lowest BCUT2D eigenvalue weighted by molar-refractivity contribution is -0.316. The Kier molecular flexibility index (Phi) is 4.43. The molecule has 0 aromatic rings. The summed E-state index contributed by atoms with van der Waals surface area (Å²) in [5.74, 6) is 0. The molecule has 7 nitrogen and oxygen atoms in total. The highest BCUT2D eigenvalue weighted by molar-refractivity contribution is 4.97. The number of ether oxygens (including phenoxy) is 2. The second kappa shape index (κ2) is 5.27. The monoisotopic (exact) mass is 247 g/mol. The van der Waals surface area contributed by atoms with E-state index in [1.54, 1.807) is 0 Å². The van der Waals surface area contributed by atoms with Crippen LogP contribution in [0.3, 0.4) is 0 Å². The SMILES string of the molecule is CC(C)(C#N)O[C@@H]1O[C@H](CO)[C@@H](O)[C@H](O)[C@H]1O. The van der Waals surface area contributed by atoms with Gasteiger partial charge in [-0.3, -0.25) is 0 Å². The maximum atomic E-state index is 9.63. The Hall–Kier alpha value is -0.750. The predicted octanol–water partition coefficient (Wildman–Crippen LogP) is -1.89. The summed E-state index contributed by atoms with van der Waals surface area (Å²) >= 11 is 0. The maximum Gasteiger partial charge on any atom is 0.188 e. The summed E-state index contributed by atoms with van der Waals surface area (Å²) in [6, 6.07) is 1.85. The Balaban J connectivity index is 2.76. The molecule has 0 spiro atoms. The highest BCUT2D eigenvalue weighted by Crippen LogP contribution is 2.25. The van der Waals surface area contributed by atoms with Crippen molar-refractivity contribution in [3.63, 3.8) is 0 Å². The second-order valence-corrected chi connectivity index (χ2v) is 4.44. The number of nitrogens with zero attached hydrogens (tertiary/aromatic N) is 1. The molecule has 98 valence electrons. The zero-order valence-corrected chi connectivity index (χ0v) is 9.65. The van der Waals surface area contributed by atoms with E-state index in [2.05, 4.69) is 0 Å². The number of hydrogen-bond donors (Lipinski definition) is 4. The van der Waals surface area contributed by atoms with Crippen LogP contribution in [0, 0.1) is 11.3 Å². The molecule has 17 heavy (non-hydrogen) atoms. The molecule has 0 unspecified atom stereocenters. The zero-order valence-electron chi connectivity index (χ0n) is 9.65. The molecule has 1 aliphatic heterocycles. The van der Waals surface area contributed by atoms with Crippen molar-refractivity contribution in [3.8, 4) is 6.07 Å². The fourth-order valence-electron chi connectivity index (χ4n) is 1.48. The molecule has 1 rings (SSSR count). The molecular formula is C10H17NO6. The lowest BCUT2D eigenvalue weighted by Crippen LogP contribution is -2.60. The molecule has 0 aromatic heterocycles. The number of hydrogen-bond acceptors (Lipinski definition) is 7. The summed E-state index contributed by atoms with van der Waals surface area (Å²) in [7, 11) is 0. The Morgan fingerprint density at radius 3 is 2.29 bits per heavy atom. The first-order chi connectivity index (χ1) is 7.82. The summed E-state index contributed by atoms with van der Waals surface area (Å²) in [6.45, 7) is 2.40. The van der Waals surface area contributed by atoms with Gasteiger partial charge in [-0.05, 0) is 13.8 Å². The van der Waals surface area contributed by atoms with Crippen molar-refractivity contribution < 1.29 is 29.9 Å². The second-order valence-electron chi connectivity index (χ2n) is 4.44. The largest absolute Gasteiger partial charge is 0.394 e. The summed E-state index contributed by atoms with van der Waals surface area (Å²) in [5.41, 5.74) is -1.21. The van der Waals surface area contributed by atoms with Crippen molar-refractivity contribution in [2.24, 2.45) is 0 Å². The van der Waals surface area contributed by atoms with E-state index in [0.717, 1.165) is 0 Å². The molecule has 0 saturated carbocycles. The Morgan fingerprint density at radius 2 is 1.82 bits per heavy atom.